The van der Waals surface area contributed by atoms with E-state index < -0.39 is 5.34 Å². The van der Waals surface area contributed by atoms with Crippen LogP contribution in [0, 0.1) is 0 Å². The standard InChI is InChI=1S/C19H25N3OS.C11H14F2N2/c1-21-12-11-18(15(13-21)14-23)20-19(24-17-9-6-10-17)22(2)16-7-4-3-5-8-16;1-2-3-8-14-9-10-4-6-11(7-5-10)15(12)13/h3-5,7-8,14,17H,6,9-13H2,1-2H3;2,4-7,14H,1,3,8-9H2. The Bertz CT molecular complexity index is 1100. The molecule has 39 heavy (non-hydrogen) atoms. The van der Waals surface area contributed by atoms with Crippen LogP contribution in [0.5, 0.6) is 0 Å². The third-order valence-electron chi connectivity index (χ3n) is 6.65. The number of anilines is 2. The molecule has 6 nitrogen and oxygen atoms in total. The fraction of sp³-hybridized carbons (Fsp3) is 0.400. The minimum Gasteiger partial charge on any atom is -0.324 e. The fourth-order valence-corrected chi connectivity index (χ4v) is 5.30. The Balaban J connectivity index is 0.000000242. The van der Waals surface area contributed by atoms with Gasteiger partial charge in [-0.1, -0.05) is 63.6 Å². The van der Waals surface area contributed by atoms with Gasteiger partial charge in [0.25, 0.3) is 0 Å². The van der Waals surface area contributed by atoms with Gasteiger partial charge in [-0.3, -0.25) is 4.79 Å². The molecule has 0 saturated heterocycles. The maximum Gasteiger partial charge on any atom is 0.168 e. The molecule has 0 spiro atoms. The average Bonchev–Trinajstić information content (AvgIpc) is 2.93. The highest BCUT2D eigenvalue weighted by molar-refractivity contribution is 8.14. The van der Waals surface area contributed by atoms with Gasteiger partial charge in [0.15, 0.2) is 5.17 Å². The zero-order valence-electron chi connectivity index (χ0n) is 22.9. The summed E-state index contributed by atoms with van der Waals surface area (Å²) < 4.78 is 24.1. The first-order valence-electron chi connectivity index (χ1n) is 13.3. The van der Waals surface area contributed by atoms with Crippen LogP contribution in [-0.4, -0.2) is 55.3 Å². The molecule has 1 N–H and O–H groups in total. The Labute approximate surface area is 235 Å². The Morgan fingerprint density at radius 1 is 1.15 bits per heavy atom. The maximum absolute atomic E-state index is 12.1. The van der Waals surface area contributed by atoms with E-state index >= 15 is 0 Å². The van der Waals surface area contributed by atoms with Gasteiger partial charge >= 0.3 is 0 Å². The second-order valence-electron chi connectivity index (χ2n) is 9.69. The Kier molecular flexibility index (Phi) is 12.7. The molecule has 1 fully saturated rings. The summed E-state index contributed by atoms with van der Waals surface area (Å²) in [5.41, 5.74) is 3.79. The third-order valence-corrected chi connectivity index (χ3v) is 8.04. The number of benzene rings is 2. The molecule has 0 amide bonds. The molecule has 4 rings (SSSR count). The molecule has 0 atom stereocenters. The molecular formula is C30H39F2N5OS. The van der Waals surface area contributed by atoms with Gasteiger partial charge in [0.2, 0.25) is 0 Å². The predicted octanol–water partition coefficient (Wildman–Crippen LogP) is 6.48. The quantitative estimate of drug-likeness (QED) is 0.0905. The van der Waals surface area contributed by atoms with E-state index in [9.17, 15) is 13.8 Å². The molecule has 2 aromatic rings. The number of likely N-dealkylation sites (N-methyl/N-ethyl adjacent to an activating group) is 1. The molecule has 0 unspecified atom stereocenters. The Hall–Kier alpha value is -3.01. The highest BCUT2D eigenvalue weighted by Crippen LogP contribution is 2.34. The first kappa shape index (κ1) is 30.5. The van der Waals surface area contributed by atoms with Crippen LogP contribution in [0.1, 0.15) is 37.7 Å². The summed E-state index contributed by atoms with van der Waals surface area (Å²) in [6, 6.07) is 16.5. The van der Waals surface area contributed by atoms with Gasteiger partial charge in [-0.25, -0.2) is 4.99 Å². The molecule has 2 aliphatic rings. The van der Waals surface area contributed by atoms with Gasteiger partial charge < -0.3 is 15.1 Å². The van der Waals surface area contributed by atoms with Crippen molar-refractivity contribution in [2.24, 2.45) is 4.99 Å². The van der Waals surface area contributed by atoms with Gasteiger partial charge in [-0.2, -0.15) is 0 Å². The lowest BCUT2D eigenvalue weighted by Crippen LogP contribution is -2.31. The number of nitrogens with one attached hydrogen (secondary N) is 1. The Morgan fingerprint density at radius 3 is 2.46 bits per heavy atom. The van der Waals surface area contributed by atoms with E-state index in [4.69, 9.17) is 4.99 Å². The number of carbonyl (C=O) groups excluding carboxylic acids is 1. The summed E-state index contributed by atoms with van der Waals surface area (Å²) in [4.78, 5) is 20.7. The van der Waals surface area contributed by atoms with Crippen molar-refractivity contribution in [2.75, 3.05) is 44.0 Å². The maximum atomic E-state index is 12.1. The van der Waals surface area contributed by atoms with Crippen molar-refractivity contribution < 1.29 is 13.8 Å². The number of amidine groups is 1. The van der Waals surface area contributed by atoms with Crippen molar-refractivity contribution in [3.05, 3.63) is 84.1 Å². The molecule has 1 aliphatic heterocycles. The first-order chi connectivity index (χ1) is 18.9. The van der Waals surface area contributed by atoms with E-state index in [1.807, 2.05) is 43.1 Å². The molecule has 2 aromatic carbocycles. The van der Waals surface area contributed by atoms with Gasteiger partial charge in [-0.15, -0.1) is 6.58 Å². The minimum absolute atomic E-state index is 0.0927. The summed E-state index contributed by atoms with van der Waals surface area (Å²) in [7, 11) is 4.11. The van der Waals surface area contributed by atoms with E-state index in [1.54, 1.807) is 12.1 Å². The number of carbonyl (C=O) groups is 1. The summed E-state index contributed by atoms with van der Waals surface area (Å²) >= 11 is 1.85. The zero-order chi connectivity index (χ0) is 28.0. The second-order valence-corrected chi connectivity index (χ2v) is 11.0. The summed E-state index contributed by atoms with van der Waals surface area (Å²) in [6.07, 6.45) is 8.38. The van der Waals surface area contributed by atoms with Crippen molar-refractivity contribution in [2.45, 2.75) is 43.9 Å². The van der Waals surface area contributed by atoms with Crippen molar-refractivity contribution in [3.8, 4) is 0 Å². The summed E-state index contributed by atoms with van der Waals surface area (Å²) in [5.74, 6) is 0. The SMILES string of the molecule is C=CCCNCc1ccc(N(F)F)cc1.CN1CCC(N=C(SC2CCC2)N(C)c2ccccc2)=C(C=O)C1. The molecule has 0 bridgehead atoms. The van der Waals surface area contributed by atoms with Crippen LogP contribution in [0.3, 0.4) is 0 Å². The van der Waals surface area contributed by atoms with Gasteiger partial charge in [-0.05, 0) is 68.0 Å². The van der Waals surface area contributed by atoms with E-state index in [0.29, 0.717) is 18.3 Å². The monoisotopic (exact) mass is 555 g/mol. The average molecular weight is 556 g/mol. The summed E-state index contributed by atoms with van der Waals surface area (Å²) in [5, 5.41) is 3.94. The van der Waals surface area contributed by atoms with Crippen LogP contribution in [0.15, 0.2) is 83.5 Å². The highest BCUT2D eigenvalue weighted by atomic mass is 32.2. The lowest BCUT2D eigenvalue weighted by atomic mass is 10.0. The number of hydrogen-bond acceptors (Lipinski definition) is 6. The summed E-state index contributed by atoms with van der Waals surface area (Å²) in [6.45, 7) is 6.79. The zero-order valence-corrected chi connectivity index (χ0v) is 23.7. The number of aldehydes is 1. The van der Waals surface area contributed by atoms with Crippen molar-refractivity contribution in [1.29, 1.82) is 0 Å². The van der Waals surface area contributed by atoms with Crippen molar-refractivity contribution in [3.63, 3.8) is 0 Å². The van der Waals surface area contributed by atoms with Gasteiger partial charge in [0, 0.05) is 49.6 Å². The van der Waals surface area contributed by atoms with Crippen LogP contribution in [-0.2, 0) is 11.3 Å². The van der Waals surface area contributed by atoms with Crippen LogP contribution in [0.2, 0.25) is 0 Å². The van der Waals surface area contributed by atoms with E-state index in [0.717, 1.165) is 59.9 Å². The first-order valence-corrected chi connectivity index (χ1v) is 14.2. The minimum atomic E-state index is -0.894. The molecular weight excluding hydrogens is 516 g/mol. The van der Waals surface area contributed by atoms with Crippen LogP contribution >= 0.6 is 11.8 Å². The largest absolute Gasteiger partial charge is 0.324 e. The smallest absolute Gasteiger partial charge is 0.168 e. The van der Waals surface area contributed by atoms with Crippen molar-refractivity contribution in [1.82, 2.24) is 10.2 Å². The van der Waals surface area contributed by atoms with E-state index in [-0.39, 0.29) is 5.69 Å². The fourth-order valence-electron chi connectivity index (χ4n) is 4.01. The van der Waals surface area contributed by atoms with Crippen molar-refractivity contribution >= 4 is 34.6 Å². The Morgan fingerprint density at radius 2 is 1.87 bits per heavy atom. The normalized spacial score (nSPS) is 16.2. The van der Waals surface area contributed by atoms with Crippen LogP contribution in [0.4, 0.5) is 20.3 Å². The number of hydrogen-bond donors (Lipinski definition) is 1. The number of nitrogens with zero attached hydrogens (tertiary/aromatic N) is 4. The molecule has 1 saturated carbocycles. The molecule has 1 aliphatic carbocycles. The number of aliphatic imine (C=N–C) groups is 1. The molecule has 0 radical (unpaired) electrons. The number of para-hydroxylation sites is 1. The van der Waals surface area contributed by atoms with Crippen LogP contribution in [0.25, 0.3) is 0 Å². The lowest BCUT2D eigenvalue weighted by molar-refractivity contribution is -0.105. The molecule has 1 heterocycles. The third kappa shape index (κ3) is 9.91. The predicted molar refractivity (Wildman–Crippen MR) is 160 cm³/mol. The number of halogens is 2. The second kappa shape index (κ2) is 16.2. The molecule has 0 aromatic heterocycles. The molecule has 9 heteroatoms. The van der Waals surface area contributed by atoms with Gasteiger partial charge in [0.05, 0.1) is 5.70 Å². The van der Waals surface area contributed by atoms with Gasteiger partial charge in [0.1, 0.15) is 12.0 Å². The van der Waals surface area contributed by atoms with E-state index in [1.165, 1.54) is 31.4 Å². The topological polar surface area (TPSA) is 51.2 Å². The van der Waals surface area contributed by atoms with Crippen LogP contribution < -0.4 is 15.6 Å². The highest BCUT2D eigenvalue weighted by Gasteiger charge is 2.24. The number of rotatable bonds is 10. The molecule has 210 valence electrons. The van der Waals surface area contributed by atoms with E-state index in [2.05, 4.69) is 40.9 Å². The lowest BCUT2D eigenvalue weighted by Gasteiger charge is -2.30. The number of thioether (sulfide) groups is 1.